The van der Waals surface area contributed by atoms with E-state index in [0.717, 1.165) is 86.8 Å². The van der Waals surface area contributed by atoms with Crippen molar-refractivity contribution in [3.8, 4) is 33.6 Å². The first-order chi connectivity index (χ1) is 26.3. The van der Waals surface area contributed by atoms with Crippen LogP contribution in [0, 0.1) is 18.1 Å². The van der Waals surface area contributed by atoms with E-state index in [1.807, 2.05) is 116 Å². The minimum Gasteiger partial charge on any atom is -0.500 e. The van der Waals surface area contributed by atoms with E-state index in [2.05, 4.69) is 52.4 Å². The molecule has 0 N–H and O–H groups in total. The summed E-state index contributed by atoms with van der Waals surface area (Å²) in [6.07, 6.45) is 6.28. The van der Waals surface area contributed by atoms with Crippen molar-refractivity contribution in [1.29, 1.82) is 0 Å². The van der Waals surface area contributed by atoms with Crippen LogP contribution in [-0.4, -0.2) is 9.97 Å². The molecule has 5 aromatic carbocycles. The van der Waals surface area contributed by atoms with Crippen LogP contribution in [0.25, 0.3) is 55.6 Å². The molecular weight excluding hydrogens is 813 g/mol. The van der Waals surface area contributed by atoms with Crippen molar-refractivity contribution in [2.75, 3.05) is 0 Å². The first-order valence-electron chi connectivity index (χ1n) is 19.2. The topological polar surface area (TPSA) is 38.9 Å². The number of pyridine rings is 2. The fourth-order valence-corrected chi connectivity index (χ4v) is 6.87. The second kappa shape index (κ2) is 16.5. The van der Waals surface area contributed by atoms with Gasteiger partial charge in [0.1, 0.15) is 5.58 Å². The maximum atomic E-state index is 8.76. The van der Waals surface area contributed by atoms with E-state index in [1.54, 1.807) is 12.4 Å². The Labute approximate surface area is 324 Å². The Morgan fingerprint density at radius 1 is 0.692 bits per heavy atom. The number of hydrogen-bond acceptors (Lipinski definition) is 3. The van der Waals surface area contributed by atoms with Gasteiger partial charge in [0.25, 0.3) is 0 Å². The molecule has 3 nitrogen and oxygen atoms in total. The predicted octanol–water partition coefficient (Wildman–Crippen LogP) is 12.5. The summed E-state index contributed by atoms with van der Waals surface area (Å²) in [6.45, 7) is 1.91. The van der Waals surface area contributed by atoms with Gasteiger partial charge in [-0.2, -0.15) is 0 Å². The summed E-state index contributed by atoms with van der Waals surface area (Å²) >= 11 is 0. The molecule has 259 valence electrons. The fourth-order valence-electron chi connectivity index (χ4n) is 6.87. The van der Waals surface area contributed by atoms with Crippen molar-refractivity contribution < 1.29 is 28.6 Å². The summed E-state index contributed by atoms with van der Waals surface area (Å²) in [6, 6.07) is 52.3. The van der Waals surface area contributed by atoms with Gasteiger partial charge in [0.15, 0.2) is 0 Å². The molecule has 3 heterocycles. The van der Waals surface area contributed by atoms with Gasteiger partial charge in [-0.3, -0.25) is 0 Å². The molecule has 0 aliphatic heterocycles. The Balaban J connectivity index is 0.000000183. The third-order valence-corrected chi connectivity index (χ3v) is 9.66. The van der Waals surface area contributed by atoms with Crippen LogP contribution in [0.2, 0.25) is 0 Å². The minimum atomic E-state index is -1.34. The van der Waals surface area contributed by atoms with Gasteiger partial charge in [0, 0.05) is 47.9 Å². The van der Waals surface area contributed by atoms with Crippen LogP contribution in [0.15, 0.2) is 156 Å². The van der Waals surface area contributed by atoms with E-state index in [4.69, 9.17) is 8.53 Å². The first-order valence-corrected chi connectivity index (χ1v) is 17.7. The number of rotatable bonds is 7. The molecule has 1 radical (unpaired) electrons. The molecule has 0 spiro atoms. The second-order valence-electron chi connectivity index (χ2n) is 13.1. The summed E-state index contributed by atoms with van der Waals surface area (Å²) in [5.74, 6) is -0.721. The fraction of sp³-hybridized carbons (Fsp3) is 0.167. The summed E-state index contributed by atoms with van der Waals surface area (Å²) in [4.78, 5) is 8.96. The molecule has 1 atom stereocenters. The molecule has 0 saturated heterocycles. The predicted molar refractivity (Wildman–Crippen MR) is 209 cm³/mol. The summed E-state index contributed by atoms with van der Waals surface area (Å²) in [5.41, 5.74) is 9.93. The molecule has 3 aromatic heterocycles. The van der Waals surface area contributed by atoms with Gasteiger partial charge in [0.2, 0.25) is 0 Å². The number of hydrogen-bond donors (Lipinski definition) is 0. The van der Waals surface area contributed by atoms with Crippen LogP contribution >= 0.6 is 0 Å². The molecule has 1 aliphatic carbocycles. The van der Waals surface area contributed by atoms with E-state index < -0.39 is 12.3 Å². The zero-order chi connectivity index (χ0) is 37.1. The van der Waals surface area contributed by atoms with Gasteiger partial charge in [-0.05, 0) is 70.2 Å². The van der Waals surface area contributed by atoms with Gasteiger partial charge in [-0.15, -0.1) is 59.7 Å². The summed E-state index contributed by atoms with van der Waals surface area (Å²) in [7, 11) is 0. The first kappa shape index (κ1) is 31.6. The normalized spacial score (nSPS) is 15.1. The van der Waals surface area contributed by atoms with Crippen LogP contribution in [0.3, 0.4) is 0 Å². The van der Waals surface area contributed by atoms with Gasteiger partial charge in [-0.25, -0.2) is 0 Å². The van der Waals surface area contributed by atoms with Gasteiger partial charge in [-0.1, -0.05) is 122 Å². The van der Waals surface area contributed by atoms with Gasteiger partial charge < -0.3 is 14.4 Å². The van der Waals surface area contributed by atoms with Crippen molar-refractivity contribution in [2.24, 2.45) is 5.92 Å². The monoisotopic (exact) mass is 856 g/mol. The van der Waals surface area contributed by atoms with Crippen LogP contribution < -0.4 is 0 Å². The molecule has 9 rings (SSSR count). The molecule has 0 amide bonds. The molecule has 4 heteroatoms. The van der Waals surface area contributed by atoms with E-state index in [-0.39, 0.29) is 26.0 Å². The van der Waals surface area contributed by atoms with E-state index in [1.165, 1.54) is 5.56 Å². The molecule has 8 aromatic rings. The molecule has 1 unspecified atom stereocenters. The average molecular weight is 856 g/mol. The summed E-state index contributed by atoms with van der Waals surface area (Å²) < 4.78 is 32.3. The SMILES string of the molecule is [2H]C(C)(c1ccccc1)c1ccnc(-c2[c-]cccc2)c1.[2H]C([2H])(c1ccnc(-c2[c-]cc3oc4ccc(-c5ccccc5)cc4c3c2)c1)C1CCCC1.[Ir]. The quantitative estimate of drug-likeness (QED) is 0.150. The van der Waals surface area contributed by atoms with Gasteiger partial charge in [0.05, 0.1) is 5.58 Å². The van der Waals surface area contributed by atoms with E-state index in [9.17, 15) is 0 Å². The average Bonchev–Trinajstić information content (AvgIpc) is 3.91. The van der Waals surface area contributed by atoms with Crippen molar-refractivity contribution in [3.05, 3.63) is 181 Å². The van der Waals surface area contributed by atoms with Crippen LogP contribution in [0.1, 0.15) is 59.3 Å². The zero-order valence-corrected chi connectivity index (χ0v) is 31.4. The van der Waals surface area contributed by atoms with Gasteiger partial charge >= 0.3 is 0 Å². The van der Waals surface area contributed by atoms with Crippen molar-refractivity contribution in [2.45, 2.75) is 44.9 Å². The maximum Gasteiger partial charge on any atom is 0.121 e. The molecule has 1 fully saturated rings. The van der Waals surface area contributed by atoms with E-state index >= 15 is 0 Å². The molecule has 1 saturated carbocycles. The molecule has 52 heavy (non-hydrogen) atoms. The largest absolute Gasteiger partial charge is 0.500 e. The van der Waals surface area contributed by atoms with Crippen LogP contribution in [0.4, 0.5) is 0 Å². The number of benzene rings is 5. The van der Waals surface area contributed by atoms with Crippen LogP contribution in [0.5, 0.6) is 0 Å². The van der Waals surface area contributed by atoms with Crippen molar-refractivity contribution in [1.82, 2.24) is 9.97 Å². The molecule has 0 bridgehead atoms. The molecule has 1 aliphatic rings. The Morgan fingerprint density at radius 2 is 1.40 bits per heavy atom. The summed E-state index contributed by atoms with van der Waals surface area (Å²) in [5, 5.41) is 2.07. The Hall–Kier alpha value is -5.15. The minimum absolute atomic E-state index is 0. The Morgan fingerprint density at radius 3 is 2.17 bits per heavy atom. The number of furan rings is 1. The number of fused-ring (bicyclic) bond motifs is 3. The standard InChI is InChI=1S/C29H24NO.C19H16N.Ir/c1-2-8-22(9-3-1)23-10-12-28-25(18-23)26-19-24(11-13-29(26)31-28)27-17-21(14-15-30-27)16-20-6-4-5-7-20;1-15(16-8-4-2-5-9-16)18-12-13-20-19(14-18)17-10-6-3-7-11-17;/h1-3,8-10,12-15,17-20H,4-7,16H2;2-10,12-15H,1H3;/q2*-1;/i16D2;15D;. The number of nitrogens with zero attached hydrogens (tertiary/aromatic N) is 2. The van der Waals surface area contributed by atoms with Crippen LogP contribution in [-0.2, 0) is 26.5 Å². The maximum absolute atomic E-state index is 8.76. The van der Waals surface area contributed by atoms with Crippen molar-refractivity contribution in [3.63, 3.8) is 0 Å². The molecular formula is C48H40IrN2O-2. The zero-order valence-electron chi connectivity index (χ0n) is 32.0. The Bertz CT molecular complexity index is 2510. The smallest absolute Gasteiger partial charge is 0.121 e. The number of aromatic nitrogens is 2. The second-order valence-corrected chi connectivity index (χ2v) is 13.1. The third-order valence-electron chi connectivity index (χ3n) is 9.66. The Kier molecular flexibility index (Phi) is 10.00. The van der Waals surface area contributed by atoms with E-state index in [0.29, 0.717) is 5.56 Å². The van der Waals surface area contributed by atoms with Crippen molar-refractivity contribution >= 4 is 21.9 Å². The third kappa shape index (κ3) is 8.00.